The quantitative estimate of drug-likeness (QED) is 0.492. The van der Waals surface area contributed by atoms with Gasteiger partial charge in [-0.05, 0) is 36.8 Å². The molecule has 0 atom stereocenters. The smallest absolute Gasteiger partial charge is 0.234 e. The SMILES string of the molecule is CCOc1nc2nc(-c3ccc(N4CCNCC4)cc3)ccc2c(-c2ccccc2)c1C#N. The number of benzene rings is 2. The van der Waals surface area contributed by atoms with Crippen LogP contribution in [-0.2, 0) is 0 Å². The van der Waals surface area contributed by atoms with Gasteiger partial charge in [-0.1, -0.05) is 42.5 Å². The second-order valence-corrected chi connectivity index (χ2v) is 7.93. The highest BCUT2D eigenvalue weighted by Gasteiger charge is 2.19. The van der Waals surface area contributed by atoms with Gasteiger partial charge in [0.2, 0.25) is 5.88 Å². The Bertz CT molecular complexity index is 1310. The van der Waals surface area contributed by atoms with E-state index in [0.717, 1.165) is 53.9 Å². The van der Waals surface area contributed by atoms with Gasteiger partial charge in [0.25, 0.3) is 0 Å². The molecule has 2 aromatic carbocycles. The molecule has 0 unspecified atom stereocenters. The lowest BCUT2D eigenvalue weighted by atomic mass is 9.97. The van der Waals surface area contributed by atoms with E-state index in [4.69, 9.17) is 9.72 Å². The van der Waals surface area contributed by atoms with Crippen molar-refractivity contribution < 1.29 is 4.74 Å². The van der Waals surface area contributed by atoms with Crippen molar-refractivity contribution in [1.82, 2.24) is 15.3 Å². The second-order valence-electron chi connectivity index (χ2n) is 7.93. The summed E-state index contributed by atoms with van der Waals surface area (Å²) in [7, 11) is 0. The summed E-state index contributed by atoms with van der Waals surface area (Å²) in [6, 6.07) is 24.7. The Hall–Kier alpha value is -3.95. The molecule has 33 heavy (non-hydrogen) atoms. The van der Waals surface area contributed by atoms with Crippen molar-refractivity contribution in [3.05, 3.63) is 72.3 Å². The highest BCUT2D eigenvalue weighted by Crippen LogP contribution is 2.36. The van der Waals surface area contributed by atoms with E-state index >= 15 is 0 Å². The lowest BCUT2D eigenvalue weighted by Gasteiger charge is -2.29. The van der Waals surface area contributed by atoms with Crippen LogP contribution in [0, 0.1) is 11.3 Å². The van der Waals surface area contributed by atoms with Crippen LogP contribution in [-0.4, -0.2) is 42.8 Å². The predicted octanol–water partition coefficient (Wildman–Crippen LogP) is 4.64. The largest absolute Gasteiger partial charge is 0.477 e. The molecule has 0 saturated carbocycles. The van der Waals surface area contributed by atoms with E-state index in [0.29, 0.717) is 23.7 Å². The van der Waals surface area contributed by atoms with E-state index in [1.165, 1.54) is 5.69 Å². The van der Waals surface area contributed by atoms with Crippen LogP contribution < -0.4 is 15.0 Å². The van der Waals surface area contributed by atoms with Crippen LogP contribution in [0.3, 0.4) is 0 Å². The van der Waals surface area contributed by atoms with Crippen LogP contribution in [0.4, 0.5) is 5.69 Å². The number of hydrogen-bond donors (Lipinski definition) is 1. The van der Waals surface area contributed by atoms with E-state index in [-0.39, 0.29) is 0 Å². The molecule has 6 nitrogen and oxygen atoms in total. The summed E-state index contributed by atoms with van der Waals surface area (Å²) in [5.74, 6) is 0.324. The van der Waals surface area contributed by atoms with E-state index in [1.54, 1.807) is 0 Å². The Balaban J connectivity index is 1.60. The van der Waals surface area contributed by atoms with Gasteiger partial charge in [-0.2, -0.15) is 10.2 Å². The summed E-state index contributed by atoms with van der Waals surface area (Å²) in [4.78, 5) is 11.9. The first kappa shape index (κ1) is 20.9. The van der Waals surface area contributed by atoms with Gasteiger partial charge in [0, 0.05) is 48.4 Å². The molecule has 4 aromatic rings. The number of piperazine rings is 1. The van der Waals surface area contributed by atoms with Crippen LogP contribution in [0.5, 0.6) is 5.88 Å². The fourth-order valence-corrected chi connectivity index (χ4v) is 4.30. The third kappa shape index (κ3) is 4.11. The molecule has 1 aliphatic rings. The zero-order valence-corrected chi connectivity index (χ0v) is 18.6. The number of nitriles is 1. The maximum atomic E-state index is 9.91. The fourth-order valence-electron chi connectivity index (χ4n) is 4.30. The molecule has 0 amide bonds. The van der Waals surface area contributed by atoms with Crippen molar-refractivity contribution in [2.24, 2.45) is 0 Å². The van der Waals surface area contributed by atoms with Gasteiger partial charge in [0.1, 0.15) is 11.6 Å². The first-order valence-corrected chi connectivity index (χ1v) is 11.3. The average molecular weight is 436 g/mol. The summed E-state index contributed by atoms with van der Waals surface area (Å²) in [6.45, 7) is 6.36. The molecule has 2 aromatic heterocycles. The number of fused-ring (bicyclic) bond motifs is 1. The van der Waals surface area contributed by atoms with Crippen molar-refractivity contribution in [2.75, 3.05) is 37.7 Å². The van der Waals surface area contributed by atoms with Gasteiger partial charge < -0.3 is 15.0 Å². The van der Waals surface area contributed by atoms with Crippen molar-refractivity contribution in [3.63, 3.8) is 0 Å². The topological polar surface area (TPSA) is 74.1 Å². The minimum atomic E-state index is 0.324. The maximum Gasteiger partial charge on any atom is 0.234 e. The Morgan fingerprint density at radius 3 is 2.39 bits per heavy atom. The standard InChI is InChI=1S/C27H25N5O/c1-2-33-27-23(18-28)25(20-6-4-3-5-7-20)22-12-13-24(30-26(22)31-27)19-8-10-21(11-9-19)32-16-14-29-15-17-32/h3-13,29H,2,14-17H2,1H3. The normalized spacial score (nSPS) is 13.6. The third-order valence-corrected chi connectivity index (χ3v) is 5.92. The van der Waals surface area contributed by atoms with Crippen LogP contribution in [0.15, 0.2) is 66.7 Å². The van der Waals surface area contributed by atoms with Gasteiger partial charge in [0.05, 0.1) is 12.3 Å². The summed E-state index contributed by atoms with van der Waals surface area (Å²) >= 11 is 0. The number of nitrogens with one attached hydrogen (secondary N) is 1. The third-order valence-electron chi connectivity index (χ3n) is 5.92. The summed E-state index contributed by atoms with van der Waals surface area (Å²) < 4.78 is 5.74. The lowest BCUT2D eigenvalue weighted by Crippen LogP contribution is -2.43. The molecule has 6 heteroatoms. The monoisotopic (exact) mass is 435 g/mol. The Morgan fingerprint density at radius 2 is 1.70 bits per heavy atom. The molecule has 1 fully saturated rings. The van der Waals surface area contributed by atoms with Gasteiger partial charge in [-0.3, -0.25) is 0 Å². The molecule has 164 valence electrons. The number of nitrogens with zero attached hydrogens (tertiary/aromatic N) is 4. The summed E-state index contributed by atoms with van der Waals surface area (Å²) in [5.41, 5.74) is 5.85. The lowest BCUT2D eigenvalue weighted by molar-refractivity contribution is 0.327. The molecule has 5 rings (SSSR count). The molecule has 0 radical (unpaired) electrons. The summed E-state index contributed by atoms with van der Waals surface area (Å²) in [5, 5.41) is 14.1. The van der Waals surface area contributed by atoms with E-state index < -0.39 is 0 Å². The number of aromatic nitrogens is 2. The van der Waals surface area contributed by atoms with E-state index in [2.05, 4.69) is 45.5 Å². The molecule has 0 spiro atoms. The molecule has 1 N–H and O–H groups in total. The molecule has 1 saturated heterocycles. The van der Waals surface area contributed by atoms with Crippen molar-refractivity contribution >= 4 is 16.7 Å². The van der Waals surface area contributed by atoms with Crippen molar-refractivity contribution in [3.8, 4) is 34.3 Å². The highest BCUT2D eigenvalue weighted by molar-refractivity contribution is 5.97. The molecule has 1 aliphatic heterocycles. The Morgan fingerprint density at radius 1 is 0.939 bits per heavy atom. The average Bonchev–Trinajstić information content (AvgIpc) is 2.89. The zero-order valence-electron chi connectivity index (χ0n) is 18.6. The Kier molecular flexibility index (Phi) is 5.88. The van der Waals surface area contributed by atoms with E-state index in [1.807, 2.05) is 49.4 Å². The number of pyridine rings is 2. The number of ether oxygens (including phenoxy) is 1. The minimum Gasteiger partial charge on any atom is -0.477 e. The van der Waals surface area contributed by atoms with Crippen LogP contribution >= 0.6 is 0 Å². The first-order valence-electron chi connectivity index (χ1n) is 11.3. The van der Waals surface area contributed by atoms with Crippen molar-refractivity contribution in [1.29, 1.82) is 5.26 Å². The van der Waals surface area contributed by atoms with Gasteiger partial charge >= 0.3 is 0 Å². The van der Waals surface area contributed by atoms with Gasteiger partial charge in [-0.15, -0.1) is 0 Å². The molecular formula is C27H25N5O. The fraction of sp³-hybridized carbons (Fsp3) is 0.222. The van der Waals surface area contributed by atoms with Crippen molar-refractivity contribution in [2.45, 2.75) is 6.92 Å². The molecular weight excluding hydrogens is 410 g/mol. The number of rotatable bonds is 5. The minimum absolute atomic E-state index is 0.324. The van der Waals surface area contributed by atoms with Crippen LogP contribution in [0.25, 0.3) is 33.4 Å². The van der Waals surface area contributed by atoms with Crippen LogP contribution in [0.2, 0.25) is 0 Å². The molecule has 3 heterocycles. The highest BCUT2D eigenvalue weighted by atomic mass is 16.5. The molecule has 0 bridgehead atoms. The molecule has 0 aliphatic carbocycles. The second kappa shape index (κ2) is 9.27. The zero-order chi connectivity index (χ0) is 22.6. The predicted molar refractivity (Wildman–Crippen MR) is 131 cm³/mol. The maximum absolute atomic E-state index is 9.91. The number of anilines is 1. The number of hydrogen-bond acceptors (Lipinski definition) is 6. The van der Waals surface area contributed by atoms with Gasteiger partial charge in [-0.25, -0.2) is 4.98 Å². The summed E-state index contributed by atoms with van der Waals surface area (Å²) in [6.07, 6.45) is 0. The van der Waals surface area contributed by atoms with Gasteiger partial charge in [0.15, 0.2) is 5.65 Å². The van der Waals surface area contributed by atoms with E-state index in [9.17, 15) is 5.26 Å². The first-order chi connectivity index (χ1) is 16.3. The Labute approximate surface area is 193 Å². The van der Waals surface area contributed by atoms with Crippen LogP contribution in [0.1, 0.15) is 12.5 Å².